The molecule has 0 unspecified atom stereocenters. The van der Waals surface area contributed by atoms with Gasteiger partial charge in [-0.1, -0.05) is 94.8 Å². The van der Waals surface area contributed by atoms with E-state index in [1.54, 1.807) is 0 Å². The largest absolute Gasteiger partial charge is 0.246 e. The van der Waals surface area contributed by atoms with Crippen LogP contribution in [0.15, 0.2) is 72.8 Å². The smallest absolute Gasteiger partial charge is 0.102 e. The van der Waals surface area contributed by atoms with Gasteiger partial charge in [0.2, 0.25) is 0 Å². The Labute approximate surface area is 182 Å². The number of hydrogen-bond donors (Lipinski definition) is 0. The van der Waals surface area contributed by atoms with Crippen molar-refractivity contribution in [2.75, 3.05) is 0 Å². The Hall–Kier alpha value is -2.58. The van der Waals surface area contributed by atoms with Crippen molar-refractivity contribution in [1.29, 1.82) is 0 Å². The van der Waals surface area contributed by atoms with E-state index in [1.807, 2.05) is 6.07 Å². The van der Waals surface area contributed by atoms with Gasteiger partial charge in [0.1, 0.15) is 5.69 Å². The molecule has 0 bridgehead atoms. The van der Waals surface area contributed by atoms with Gasteiger partial charge in [0.05, 0.1) is 5.60 Å². The van der Waals surface area contributed by atoms with Gasteiger partial charge in [-0.2, -0.15) is 0 Å². The lowest BCUT2D eigenvalue weighted by Gasteiger charge is -2.29. The summed E-state index contributed by atoms with van der Waals surface area (Å²) in [6, 6.07) is 25.6. The van der Waals surface area contributed by atoms with Crippen molar-refractivity contribution in [2.24, 2.45) is 0 Å². The molecule has 0 fully saturated rings. The SMILES string of the molecule is CCCC(C)(C)O[N]c1c(-c2ccccc2)cc(-c2ccccc2)cc1C(C)(C)C. The molecule has 0 aliphatic heterocycles. The van der Waals surface area contributed by atoms with Crippen LogP contribution in [0.25, 0.3) is 22.3 Å². The lowest BCUT2D eigenvalue weighted by Crippen LogP contribution is -2.28. The van der Waals surface area contributed by atoms with E-state index in [0.717, 1.165) is 29.7 Å². The zero-order valence-corrected chi connectivity index (χ0v) is 19.2. The molecule has 3 aromatic rings. The molecule has 3 rings (SSSR count). The first-order valence-electron chi connectivity index (χ1n) is 10.9. The summed E-state index contributed by atoms with van der Waals surface area (Å²) in [4.78, 5) is 6.12. The first-order valence-corrected chi connectivity index (χ1v) is 10.9. The molecule has 1 radical (unpaired) electrons. The van der Waals surface area contributed by atoms with Crippen molar-refractivity contribution in [1.82, 2.24) is 5.48 Å². The molecule has 0 atom stereocenters. The van der Waals surface area contributed by atoms with E-state index in [2.05, 4.69) is 108 Å². The average molecular weight is 401 g/mol. The van der Waals surface area contributed by atoms with E-state index >= 15 is 0 Å². The van der Waals surface area contributed by atoms with Gasteiger partial charge < -0.3 is 0 Å². The summed E-state index contributed by atoms with van der Waals surface area (Å²) in [7, 11) is 0. The molecule has 30 heavy (non-hydrogen) atoms. The number of benzene rings is 3. The van der Waals surface area contributed by atoms with E-state index in [1.165, 1.54) is 16.7 Å². The van der Waals surface area contributed by atoms with E-state index < -0.39 is 0 Å². The zero-order chi connectivity index (χ0) is 21.8. The quantitative estimate of drug-likeness (QED) is 0.368. The first kappa shape index (κ1) is 22.1. The van der Waals surface area contributed by atoms with Crippen LogP contribution in [0, 0.1) is 0 Å². The summed E-state index contributed by atoms with van der Waals surface area (Å²) in [5, 5.41) is 0. The molecule has 0 saturated carbocycles. The van der Waals surface area contributed by atoms with Gasteiger partial charge in [0, 0.05) is 5.56 Å². The van der Waals surface area contributed by atoms with Crippen LogP contribution in [-0.2, 0) is 10.3 Å². The van der Waals surface area contributed by atoms with Gasteiger partial charge in [-0.05, 0) is 60.1 Å². The van der Waals surface area contributed by atoms with Crippen molar-refractivity contribution >= 4 is 5.69 Å². The number of rotatable bonds is 7. The highest BCUT2D eigenvalue weighted by Crippen LogP contribution is 2.41. The van der Waals surface area contributed by atoms with E-state index in [4.69, 9.17) is 10.3 Å². The van der Waals surface area contributed by atoms with Crippen molar-refractivity contribution in [2.45, 2.75) is 65.4 Å². The number of nitrogens with zero attached hydrogens (tertiary/aromatic N) is 1. The van der Waals surface area contributed by atoms with Gasteiger partial charge in [-0.3, -0.25) is 0 Å². The van der Waals surface area contributed by atoms with Crippen LogP contribution in [0.2, 0.25) is 0 Å². The molecule has 0 amide bonds. The van der Waals surface area contributed by atoms with Gasteiger partial charge in [0.25, 0.3) is 0 Å². The maximum Gasteiger partial charge on any atom is 0.102 e. The third kappa shape index (κ3) is 5.31. The van der Waals surface area contributed by atoms with Gasteiger partial charge in [-0.15, -0.1) is 5.48 Å². The van der Waals surface area contributed by atoms with Crippen molar-refractivity contribution < 1.29 is 4.84 Å². The monoisotopic (exact) mass is 400 g/mol. The Bertz CT molecular complexity index is 953. The van der Waals surface area contributed by atoms with E-state index in [-0.39, 0.29) is 11.0 Å². The molecule has 2 heteroatoms. The van der Waals surface area contributed by atoms with Crippen LogP contribution < -0.4 is 5.48 Å². The molecule has 0 heterocycles. The first-order chi connectivity index (χ1) is 14.2. The van der Waals surface area contributed by atoms with Gasteiger partial charge >= 0.3 is 0 Å². The van der Waals surface area contributed by atoms with Crippen molar-refractivity contribution in [3.63, 3.8) is 0 Å². The molecule has 0 aliphatic carbocycles. The predicted octanol–water partition coefficient (Wildman–Crippen LogP) is 8.06. The summed E-state index contributed by atoms with van der Waals surface area (Å²) in [5.41, 5.74) is 11.2. The topological polar surface area (TPSA) is 23.3 Å². The van der Waals surface area contributed by atoms with Crippen LogP contribution in [0.3, 0.4) is 0 Å². The highest BCUT2D eigenvalue weighted by molar-refractivity contribution is 5.84. The lowest BCUT2D eigenvalue weighted by molar-refractivity contribution is -0.0725. The van der Waals surface area contributed by atoms with Crippen molar-refractivity contribution in [3.05, 3.63) is 78.4 Å². The Morgan fingerprint density at radius 1 is 0.733 bits per heavy atom. The van der Waals surface area contributed by atoms with E-state index in [0.29, 0.717) is 0 Å². The average Bonchev–Trinajstić information content (AvgIpc) is 2.72. The van der Waals surface area contributed by atoms with Crippen molar-refractivity contribution in [3.8, 4) is 22.3 Å². The fourth-order valence-corrected chi connectivity index (χ4v) is 3.76. The van der Waals surface area contributed by atoms with Crippen LogP contribution in [0.1, 0.15) is 59.9 Å². The van der Waals surface area contributed by atoms with E-state index in [9.17, 15) is 0 Å². The van der Waals surface area contributed by atoms with Crippen LogP contribution in [-0.4, -0.2) is 5.60 Å². The molecule has 0 aliphatic rings. The molecule has 3 aromatic carbocycles. The molecule has 0 spiro atoms. The molecular formula is C28H34NO. The van der Waals surface area contributed by atoms with Gasteiger partial charge in [-0.25, -0.2) is 4.84 Å². The standard InChI is InChI=1S/C28H34NO/c1-7-18-28(5,6)30-29-26-24(22-16-12-9-13-17-22)19-23(20-25(26)27(2,3)4)21-14-10-8-11-15-21/h8-17,19-20H,7,18H2,1-6H3. The molecule has 0 saturated heterocycles. The minimum atomic E-state index is -0.296. The fourth-order valence-electron chi connectivity index (χ4n) is 3.76. The molecule has 2 nitrogen and oxygen atoms in total. The zero-order valence-electron chi connectivity index (χ0n) is 19.2. The normalized spacial score (nSPS) is 12.1. The second kappa shape index (κ2) is 9.06. The fraction of sp³-hybridized carbons (Fsp3) is 0.357. The minimum absolute atomic E-state index is 0.0780. The third-order valence-corrected chi connectivity index (χ3v) is 5.35. The van der Waals surface area contributed by atoms with Gasteiger partial charge in [0.15, 0.2) is 0 Å². The summed E-state index contributed by atoms with van der Waals surface area (Å²) >= 11 is 0. The highest BCUT2D eigenvalue weighted by Gasteiger charge is 2.26. The Morgan fingerprint density at radius 3 is 1.83 bits per heavy atom. The summed E-state index contributed by atoms with van der Waals surface area (Å²) < 4.78 is 0. The Morgan fingerprint density at radius 2 is 1.30 bits per heavy atom. The molecule has 0 aromatic heterocycles. The maximum atomic E-state index is 6.12. The predicted molar refractivity (Wildman–Crippen MR) is 128 cm³/mol. The molecular weight excluding hydrogens is 366 g/mol. The highest BCUT2D eigenvalue weighted by atomic mass is 16.7. The summed E-state index contributed by atoms with van der Waals surface area (Å²) in [6.45, 7) is 13.1. The number of hydrogen-bond acceptors (Lipinski definition) is 1. The minimum Gasteiger partial charge on any atom is -0.246 e. The Kier molecular flexibility index (Phi) is 6.67. The second-order valence-electron chi connectivity index (χ2n) is 9.59. The second-order valence-corrected chi connectivity index (χ2v) is 9.59. The van der Waals surface area contributed by atoms with Crippen LogP contribution in [0.5, 0.6) is 0 Å². The summed E-state index contributed by atoms with van der Waals surface area (Å²) in [6.07, 6.45) is 2.03. The third-order valence-electron chi connectivity index (χ3n) is 5.35. The maximum absolute atomic E-state index is 6.12. The Balaban J connectivity index is 2.19. The molecule has 157 valence electrons. The molecule has 0 N–H and O–H groups in total. The summed E-state index contributed by atoms with van der Waals surface area (Å²) in [5.74, 6) is 0. The van der Waals surface area contributed by atoms with Crippen LogP contribution >= 0.6 is 0 Å². The lowest BCUT2D eigenvalue weighted by atomic mass is 9.81. The van der Waals surface area contributed by atoms with Crippen LogP contribution in [0.4, 0.5) is 5.69 Å².